The fraction of sp³-hybridized carbons (Fsp3) is 0.571. The summed E-state index contributed by atoms with van der Waals surface area (Å²) in [5.41, 5.74) is 4.34. The highest BCUT2D eigenvalue weighted by Gasteiger charge is 2.36. The molecule has 2 atom stereocenters. The second-order valence-corrected chi connectivity index (χ2v) is 4.52. The summed E-state index contributed by atoms with van der Waals surface area (Å²) in [7, 11) is 0. The molecule has 0 aromatic heterocycles. The van der Waals surface area contributed by atoms with Crippen LogP contribution in [-0.2, 0) is 11.2 Å². The summed E-state index contributed by atoms with van der Waals surface area (Å²) in [4.78, 5) is 0. The van der Waals surface area contributed by atoms with Gasteiger partial charge in [-0.25, -0.2) is 0 Å². The summed E-state index contributed by atoms with van der Waals surface area (Å²) >= 11 is 0. The molecule has 1 aliphatic heterocycles. The van der Waals surface area contributed by atoms with Crippen molar-refractivity contribution < 1.29 is 4.74 Å². The van der Waals surface area contributed by atoms with E-state index in [-0.39, 0.29) is 0 Å². The first-order valence-electron chi connectivity index (χ1n) is 5.93. The van der Waals surface area contributed by atoms with Crippen molar-refractivity contribution in [1.82, 2.24) is 0 Å². The minimum atomic E-state index is 0.537. The first-order valence-corrected chi connectivity index (χ1v) is 5.93. The van der Waals surface area contributed by atoms with Crippen molar-refractivity contribution >= 4 is 0 Å². The molecule has 0 amide bonds. The monoisotopic (exact) mass is 204 g/mol. The third-order valence-corrected chi connectivity index (χ3v) is 3.51. The first-order chi connectivity index (χ1) is 7.22. The van der Waals surface area contributed by atoms with Gasteiger partial charge >= 0.3 is 0 Å². The third kappa shape index (κ3) is 2.40. The van der Waals surface area contributed by atoms with E-state index in [0.717, 1.165) is 12.8 Å². The lowest BCUT2D eigenvalue weighted by atomic mass is 9.98. The van der Waals surface area contributed by atoms with Gasteiger partial charge in [0.15, 0.2) is 0 Å². The largest absolute Gasteiger partial charge is 0.370 e. The molecule has 0 saturated carbocycles. The Hall–Kier alpha value is -0.820. The van der Waals surface area contributed by atoms with Crippen molar-refractivity contribution in [1.29, 1.82) is 0 Å². The van der Waals surface area contributed by atoms with Crippen LogP contribution in [0.15, 0.2) is 18.2 Å². The lowest BCUT2D eigenvalue weighted by molar-refractivity contribution is 0.359. The Kier molecular flexibility index (Phi) is 3.11. The van der Waals surface area contributed by atoms with Crippen molar-refractivity contribution in [2.24, 2.45) is 0 Å². The SMILES string of the molecule is CCC1OC1CCc1cccc(C)c1C. The van der Waals surface area contributed by atoms with Crippen LogP contribution in [0.25, 0.3) is 0 Å². The minimum absolute atomic E-state index is 0.537. The van der Waals surface area contributed by atoms with Crippen LogP contribution in [0, 0.1) is 13.8 Å². The van der Waals surface area contributed by atoms with Gasteiger partial charge in [-0.15, -0.1) is 0 Å². The lowest BCUT2D eigenvalue weighted by Crippen LogP contribution is -1.98. The van der Waals surface area contributed by atoms with Gasteiger partial charge in [-0.3, -0.25) is 0 Å². The van der Waals surface area contributed by atoms with Crippen LogP contribution in [0.3, 0.4) is 0 Å². The van der Waals surface area contributed by atoms with Gasteiger partial charge in [-0.05, 0) is 49.8 Å². The summed E-state index contributed by atoms with van der Waals surface area (Å²) in [5, 5.41) is 0. The average molecular weight is 204 g/mol. The maximum Gasteiger partial charge on any atom is 0.0845 e. The fourth-order valence-electron chi connectivity index (χ4n) is 2.17. The van der Waals surface area contributed by atoms with Crippen molar-refractivity contribution in [3.05, 3.63) is 34.9 Å². The summed E-state index contributed by atoms with van der Waals surface area (Å²) in [6.45, 7) is 6.60. The molecular weight excluding hydrogens is 184 g/mol. The molecule has 1 aliphatic rings. The van der Waals surface area contributed by atoms with E-state index < -0.39 is 0 Å². The van der Waals surface area contributed by atoms with Gasteiger partial charge in [0.05, 0.1) is 12.2 Å². The Morgan fingerprint density at radius 3 is 2.67 bits per heavy atom. The molecule has 1 aromatic rings. The smallest absolute Gasteiger partial charge is 0.0845 e. The van der Waals surface area contributed by atoms with E-state index in [1.165, 1.54) is 23.1 Å². The minimum Gasteiger partial charge on any atom is -0.370 e. The van der Waals surface area contributed by atoms with Crippen LogP contribution < -0.4 is 0 Å². The molecule has 1 aromatic carbocycles. The van der Waals surface area contributed by atoms with E-state index in [1.807, 2.05) is 0 Å². The molecule has 0 aliphatic carbocycles. The number of ether oxygens (including phenoxy) is 1. The van der Waals surface area contributed by atoms with E-state index in [0.29, 0.717) is 12.2 Å². The van der Waals surface area contributed by atoms with E-state index in [9.17, 15) is 0 Å². The highest BCUT2D eigenvalue weighted by atomic mass is 16.6. The van der Waals surface area contributed by atoms with E-state index in [1.54, 1.807) is 0 Å². The number of hydrogen-bond acceptors (Lipinski definition) is 1. The van der Waals surface area contributed by atoms with Gasteiger partial charge in [0.25, 0.3) is 0 Å². The normalized spacial score (nSPS) is 24.2. The van der Waals surface area contributed by atoms with Gasteiger partial charge < -0.3 is 4.74 Å². The van der Waals surface area contributed by atoms with Gasteiger partial charge in [-0.2, -0.15) is 0 Å². The van der Waals surface area contributed by atoms with Crippen LogP contribution >= 0.6 is 0 Å². The standard InChI is InChI=1S/C14H20O/c1-4-13-14(15-13)9-8-12-7-5-6-10(2)11(12)3/h5-7,13-14H,4,8-9H2,1-3H3. The summed E-state index contributed by atoms with van der Waals surface area (Å²) in [6, 6.07) is 6.58. The molecule has 1 fully saturated rings. The molecule has 82 valence electrons. The van der Waals surface area contributed by atoms with Crippen molar-refractivity contribution in [2.45, 2.75) is 52.2 Å². The van der Waals surface area contributed by atoms with Gasteiger partial charge in [-0.1, -0.05) is 25.1 Å². The van der Waals surface area contributed by atoms with Gasteiger partial charge in [0, 0.05) is 0 Å². The molecule has 1 heterocycles. The number of benzene rings is 1. The lowest BCUT2D eigenvalue weighted by Gasteiger charge is -2.07. The number of epoxide rings is 1. The van der Waals surface area contributed by atoms with Crippen molar-refractivity contribution in [3.8, 4) is 0 Å². The zero-order valence-corrected chi connectivity index (χ0v) is 9.92. The van der Waals surface area contributed by atoms with Gasteiger partial charge in [0.2, 0.25) is 0 Å². The second-order valence-electron chi connectivity index (χ2n) is 4.52. The molecular formula is C14H20O. The Bertz CT molecular complexity index is 343. The van der Waals surface area contributed by atoms with Crippen LogP contribution in [0.4, 0.5) is 0 Å². The molecule has 0 spiro atoms. The van der Waals surface area contributed by atoms with E-state index in [4.69, 9.17) is 4.74 Å². The Balaban J connectivity index is 1.91. The Morgan fingerprint density at radius 1 is 1.20 bits per heavy atom. The van der Waals surface area contributed by atoms with Crippen LogP contribution in [-0.4, -0.2) is 12.2 Å². The fourth-order valence-corrected chi connectivity index (χ4v) is 2.17. The zero-order valence-electron chi connectivity index (χ0n) is 9.92. The quantitative estimate of drug-likeness (QED) is 0.685. The molecule has 1 nitrogen and oxygen atoms in total. The predicted octanol–water partition coefficient (Wildman–Crippen LogP) is 3.41. The number of hydrogen-bond donors (Lipinski definition) is 0. The van der Waals surface area contributed by atoms with E-state index >= 15 is 0 Å². The first kappa shape index (κ1) is 10.7. The summed E-state index contributed by atoms with van der Waals surface area (Å²) in [5.74, 6) is 0. The molecule has 15 heavy (non-hydrogen) atoms. The maximum atomic E-state index is 5.56. The van der Waals surface area contributed by atoms with Gasteiger partial charge in [0.1, 0.15) is 0 Å². The number of rotatable bonds is 4. The molecule has 0 N–H and O–H groups in total. The summed E-state index contributed by atoms with van der Waals surface area (Å²) in [6.07, 6.45) is 4.60. The molecule has 0 radical (unpaired) electrons. The molecule has 1 heteroatoms. The van der Waals surface area contributed by atoms with Crippen molar-refractivity contribution in [2.75, 3.05) is 0 Å². The molecule has 2 unspecified atom stereocenters. The predicted molar refractivity (Wildman–Crippen MR) is 63.2 cm³/mol. The molecule has 0 bridgehead atoms. The van der Waals surface area contributed by atoms with Crippen LogP contribution in [0.2, 0.25) is 0 Å². The zero-order chi connectivity index (χ0) is 10.8. The summed E-state index contributed by atoms with van der Waals surface area (Å²) < 4.78 is 5.56. The van der Waals surface area contributed by atoms with E-state index in [2.05, 4.69) is 39.0 Å². The average Bonchev–Trinajstić information content (AvgIpc) is 2.99. The number of aryl methyl sites for hydroxylation is 2. The maximum absolute atomic E-state index is 5.56. The molecule has 1 saturated heterocycles. The topological polar surface area (TPSA) is 12.5 Å². The highest BCUT2D eigenvalue weighted by molar-refractivity contribution is 5.33. The third-order valence-electron chi connectivity index (χ3n) is 3.51. The van der Waals surface area contributed by atoms with Crippen molar-refractivity contribution in [3.63, 3.8) is 0 Å². The highest BCUT2D eigenvalue weighted by Crippen LogP contribution is 2.29. The second kappa shape index (κ2) is 4.36. The van der Waals surface area contributed by atoms with Crippen LogP contribution in [0.5, 0.6) is 0 Å². The Morgan fingerprint density at radius 2 is 2.00 bits per heavy atom. The Labute approximate surface area is 92.5 Å². The molecule has 2 rings (SSSR count). The van der Waals surface area contributed by atoms with Crippen LogP contribution in [0.1, 0.15) is 36.5 Å².